The molecule has 0 aliphatic heterocycles. The predicted molar refractivity (Wildman–Crippen MR) is 82.3 cm³/mol. The lowest BCUT2D eigenvalue weighted by molar-refractivity contribution is 0.0543. The van der Waals surface area contributed by atoms with Crippen LogP contribution in [0.3, 0.4) is 0 Å². The molecule has 1 aromatic heterocycles. The number of carbonyl (C=O) groups excluding carboxylic acids is 1. The van der Waals surface area contributed by atoms with E-state index < -0.39 is 5.97 Å². The number of nitrogens with zero attached hydrogens (tertiary/aromatic N) is 1. The minimum Gasteiger partial charge on any atom is -0.457 e. The van der Waals surface area contributed by atoms with Crippen LogP contribution in [0.5, 0.6) is 0 Å². The van der Waals surface area contributed by atoms with Crippen molar-refractivity contribution in [3.63, 3.8) is 0 Å². The van der Waals surface area contributed by atoms with E-state index >= 15 is 0 Å². The van der Waals surface area contributed by atoms with Gasteiger partial charge in [0.05, 0.1) is 0 Å². The summed E-state index contributed by atoms with van der Waals surface area (Å²) in [5.41, 5.74) is 1.22. The molecular formula is C15H14ClNO2S. The Morgan fingerprint density at radius 1 is 1.45 bits per heavy atom. The third-order valence-electron chi connectivity index (χ3n) is 2.50. The van der Waals surface area contributed by atoms with E-state index in [-0.39, 0.29) is 6.61 Å². The summed E-state index contributed by atoms with van der Waals surface area (Å²) in [6.45, 7) is 2.30. The lowest BCUT2D eigenvalue weighted by Crippen LogP contribution is -2.05. The van der Waals surface area contributed by atoms with Gasteiger partial charge in [0, 0.05) is 16.0 Å². The van der Waals surface area contributed by atoms with E-state index in [0.29, 0.717) is 10.7 Å². The normalized spacial score (nSPS) is 10.9. The zero-order valence-corrected chi connectivity index (χ0v) is 12.6. The first kappa shape index (κ1) is 14.8. The van der Waals surface area contributed by atoms with Crippen molar-refractivity contribution >= 4 is 28.9 Å². The van der Waals surface area contributed by atoms with Gasteiger partial charge >= 0.3 is 5.97 Å². The van der Waals surface area contributed by atoms with Gasteiger partial charge in [-0.25, -0.2) is 9.78 Å². The van der Waals surface area contributed by atoms with Crippen LogP contribution in [0.1, 0.15) is 23.8 Å². The molecule has 0 saturated carbocycles. The molecule has 2 rings (SSSR count). The van der Waals surface area contributed by atoms with Crippen LogP contribution in [0.2, 0.25) is 5.02 Å². The van der Waals surface area contributed by atoms with Gasteiger partial charge in [0.15, 0.2) is 5.69 Å². The second-order valence-electron chi connectivity index (χ2n) is 4.03. The fourth-order valence-electron chi connectivity index (χ4n) is 1.55. The molecule has 0 aliphatic carbocycles. The molecule has 3 nitrogen and oxygen atoms in total. The van der Waals surface area contributed by atoms with Crippen molar-refractivity contribution in [3.05, 3.63) is 52.5 Å². The molecule has 0 aliphatic rings. The zero-order chi connectivity index (χ0) is 14.4. The number of halogens is 1. The number of aromatic nitrogens is 1. The van der Waals surface area contributed by atoms with Crippen molar-refractivity contribution < 1.29 is 9.53 Å². The third-order valence-corrected chi connectivity index (χ3v) is 3.62. The fraction of sp³-hybridized carbons (Fsp3) is 0.200. The summed E-state index contributed by atoms with van der Waals surface area (Å²) in [7, 11) is 0. The summed E-state index contributed by atoms with van der Waals surface area (Å²) in [5.74, 6) is -0.407. The summed E-state index contributed by atoms with van der Waals surface area (Å²) in [4.78, 5) is 16.1. The highest BCUT2D eigenvalue weighted by Gasteiger charge is 2.12. The van der Waals surface area contributed by atoms with Crippen molar-refractivity contribution in [2.75, 3.05) is 6.61 Å². The van der Waals surface area contributed by atoms with Gasteiger partial charge in [-0.2, -0.15) is 0 Å². The second-order valence-corrected chi connectivity index (χ2v) is 5.32. The molecule has 1 aromatic carbocycles. The monoisotopic (exact) mass is 307 g/mol. The van der Waals surface area contributed by atoms with Gasteiger partial charge in [-0.3, -0.25) is 0 Å². The number of allylic oxidation sites excluding steroid dienone is 1. The van der Waals surface area contributed by atoms with E-state index in [0.717, 1.165) is 17.0 Å². The third kappa shape index (κ3) is 3.92. The number of rotatable bonds is 5. The van der Waals surface area contributed by atoms with Gasteiger partial charge in [-0.15, -0.1) is 11.3 Å². The van der Waals surface area contributed by atoms with Gasteiger partial charge in [-0.1, -0.05) is 42.8 Å². The van der Waals surface area contributed by atoms with Gasteiger partial charge in [-0.05, 0) is 18.6 Å². The highest BCUT2D eigenvalue weighted by molar-refractivity contribution is 7.13. The Morgan fingerprint density at radius 3 is 3.05 bits per heavy atom. The lowest BCUT2D eigenvalue weighted by atomic mass is 10.2. The van der Waals surface area contributed by atoms with Gasteiger partial charge in [0.25, 0.3) is 0 Å². The summed E-state index contributed by atoms with van der Waals surface area (Å²) < 4.78 is 5.10. The molecule has 5 heteroatoms. The van der Waals surface area contributed by atoms with E-state index in [1.165, 1.54) is 11.3 Å². The highest BCUT2D eigenvalue weighted by atomic mass is 35.5. The number of ether oxygens (including phenoxy) is 1. The molecule has 0 N–H and O–H groups in total. The van der Waals surface area contributed by atoms with Crippen LogP contribution in [-0.4, -0.2) is 17.6 Å². The molecule has 0 amide bonds. The first-order valence-electron chi connectivity index (χ1n) is 6.24. The molecule has 0 fully saturated rings. The molecule has 0 atom stereocenters. The number of carbonyl (C=O) groups is 1. The Morgan fingerprint density at radius 2 is 2.30 bits per heavy atom. The van der Waals surface area contributed by atoms with E-state index in [2.05, 4.69) is 4.98 Å². The molecule has 0 spiro atoms. The standard InChI is InChI=1S/C15H14ClNO2S/c1-2-3-4-8-19-15(18)13-10-20-14(17-13)11-6-5-7-12(16)9-11/h3-7,9-10H,2,8H2,1H3/b4-3+. The van der Waals surface area contributed by atoms with Crippen LogP contribution in [0, 0.1) is 0 Å². The molecule has 0 saturated heterocycles. The Kier molecular flexibility index (Phi) is 5.32. The maximum atomic E-state index is 11.8. The average Bonchev–Trinajstić information content (AvgIpc) is 2.93. The zero-order valence-electron chi connectivity index (χ0n) is 11.0. The molecule has 1 heterocycles. The van der Waals surface area contributed by atoms with Crippen LogP contribution in [0.4, 0.5) is 0 Å². The van der Waals surface area contributed by atoms with Crippen LogP contribution < -0.4 is 0 Å². The SMILES string of the molecule is CC/C=C/COC(=O)c1csc(-c2cccc(Cl)c2)n1. The maximum Gasteiger partial charge on any atom is 0.358 e. The van der Waals surface area contributed by atoms with Crippen LogP contribution >= 0.6 is 22.9 Å². The maximum absolute atomic E-state index is 11.8. The van der Waals surface area contributed by atoms with Crippen LogP contribution in [0.25, 0.3) is 10.6 Å². The Balaban J connectivity index is 2.05. The number of hydrogen-bond acceptors (Lipinski definition) is 4. The average molecular weight is 308 g/mol. The lowest BCUT2D eigenvalue weighted by Gasteiger charge is -1.98. The fourth-order valence-corrected chi connectivity index (χ4v) is 2.53. The van der Waals surface area contributed by atoms with Gasteiger partial charge in [0.1, 0.15) is 11.6 Å². The molecule has 2 aromatic rings. The summed E-state index contributed by atoms with van der Waals surface area (Å²) in [6, 6.07) is 7.38. The molecule has 104 valence electrons. The number of benzene rings is 1. The minimum atomic E-state index is -0.407. The van der Waals surface area contributed by atoms with Crippen molar-refractivity contribution in [1.29, 1.82) is 0 Å². The predicted octanol–water partition coefficient (Wildman–Crippen LogP) is 4.59. The quantitative estimate of drug-likeness (QED) is 0.599. The first-order valence-corrected chi connectivity index (χ1v) is 7.50. The number of hydrogen-bond donors (Lipinski definition) is 0. The minimum absolute atomic E-state index is 0.275. The summed E-state index contributed by atoms with van der Waals surface area (Å²) in [6.07, 6.45) is 4.70. The molecule has 20 heavy (non-hydrogen) atoms. The highest BCUT2D eigenvalue weighted by Crippen LogP contribution is 2.26. The van der Waals surface area contributed by atoms with E-state index in [9.17, 15) is 4.79 Å². The van der Waals surface area contributed by atoms with Crippen molar-refractivity contribution in [3.8, 4) is 10.6 Å². The van der Waals surface area contributed by atoms with Crippen LogP contribution in [-0.2, 0) is 4.74 Å². The Bertz CT molecular complexity index is 622. The molecule has 0 unspecified atom stereocenters. The number of thiazole rings is 1. The topological polar surface area (TPSA) is 39.2 Å². The Labute approximate surface area is 126 Å². The van der Waals surface area contributed by atoms with Crippen molar-refractivity contribution in [1.82, 2.24) is 4.98 Å². The van der Waals surface area contributed by atoms with Crippen molar-refractivity contribution in [2.24, 2.45) is 0 Å². The van der Waals surface area contributed by atoms with Crippen molar-refractivity contribution in [2.45, 2.75) is 13.3 Å². The van der Waals surface area contributed by atoms with Crippen LogP contribution in [0.15, 0.2) is 41.8 Å². The first-order chi connectivity index (χ1) is 9.70. The Hall–Kier alpha value is -1.65. The smallest absolute Gasteiger partial charge is 0.358 e. The summed E-state index contributed by atoms with van der Waals surface area (Å²) >= 11 is 7.33. The molecule has 0 radical (unpaired) electrons. The van der Waals surface area contributed by atoms with E-state index in [4.69, 9.17) is 16.3 Å². The van der Waals surface area contributed by atoms with Gasteiger partial charge in [0.2, 0.25) is 0 Å². The number of esters is 1. The van der Waals surface area contributed by atoms with E-state index in [1.807, 2.05) is 37.3 Å². The second kappa shape index (κ2) is 7.22. The summed E-state index contributed by atoms with van der Waals surface area (Å²) in [5, 5.41) is 3.09. The van der Waals surface area contributed by atoms with E-state index in [1.54, 1.807) is 11.4 Å². The van der Waals surface area contributed by atoms with Gasteiger partial charge < -0.3 is 4.74 Å². The molecular weight excluding hydrogens is 294 g/mol. The largest absolute Gasteiger partial charge is 0.457 e. The molecule has 0 bridgehead atoms.